The number of hydrogen-bond donors (Lipinski definition) is 1. The molecule has 2 saturated heterocycles. The molecule has 30 heavy (non-hydrogen) atoms. The maximum atomic E-state index is 13.0. The van der Waals surface area contributed by atoms with Crippen molar-refractivity contribution in [1.82, 2.24) is 4.90 Å². The molecular formula is C23H23NO6. The predicted octanol–water partition coefficient (Wildman–Crippen LogP) is 3.20. The van der Waals surface area contributed by atoms with Crippen molar-refractivity contribution >= 4 is 17.4 Å². The molecular weight excluding hydrogens is 386 g/mol. The van der Waals surface area contributed by atoms with Crippen molar-refractivity contribution in [2.45, 2.75) is 44.4 Å². The van der Waals surface area contributed by atoms with Crippen LogP contribution in [-0.4, -0.2) is 47.1 Å². The van der Waals surface area contributed by atoms with Gasteiger partial charge in [0.2, 0.25) is 0 Å². The van der Waals surface area contributed by atoms with Crippen LogP contribution >= 0.6 is 0 Å². The Hall–Kier alpha value is -3.06. The van der Waals surface area contributed by atoms with Crippen LogP contribution in [-0.2, 0) is 20.7 Å². The van der Waals surface area contributed by atoms with Crippen molar-refractivity contribution in [1.29, 1.82) is 0 Å². The topological polar surface area (TPSA) is 89.2 Å². The van der Waals surface area contributed by atoms with Crippen molar-refractivity contribution in [2.24, 2.45) is 0 Å². The number of Topliss-reactive ketones (excluding diaryl/α,β-unsaturated/α-hetero) is 1. The lowest BCUT2D eigenvalue weighted by Crippen LogP contribution is -2.36. The lowest BCUT2D eigenvalue weighted by atomic mass is 9.97. The summed E-state index contributed by atoms with van der Waals surface area (Å²) in [6, 6.07) is 7.95. The number of aliphatic hydroxyl groups excluding tert-OH is 1. The number of likely N-dealkylation sites (tertiary alicyclic amines) is 1. The second-order valence-electron chi connectivity index (χ2n) is 8.06. The van der Waals surface area contributed by atoms with Gasteiger partial charge < -0.3 is 23.9 Å². The van der Waals surface area contributed by atoms with E-state index in [9.17, 15) is 14.7 Å². The Labute approximate surface area is 173 Å². The van der Waals surface area contributed by atoms with Crippen LogP contribution in [0.5, 0.6) is 5.75 Å². The molecule has 0 saturated carbocycles. The third kappa shape index (κ3) is 3.10. The van der Waals surface area contributed by atoms with E-state index in [1.165, 1.54) is 11.2 Å². The third-order valence-corrected chi connectivity index (χ3v) is 5.95. The highest BCUT2D eigenvalue weighted by molar-refractivity contribution is 6.46. The Balaban J connectivity index is 1.57. The minimum absolute atomic E-state index is 0.0415. The maximum Gasteiger partial charge on any atom is 0.295 e. The second kappa shape index (κ2) is 7.32. The van der Waals surface area contributed by atoms with Crippen LogP contribution in [0.25, 0.3) is 5.76 Å². The summed E-state index contributed by atoms with van der Waals surface area (Å²) in [5.41, 5.74) is 1.49. The van der Waals surface area contributed by atoms with Crippen LogP contribution in [0.15, 0.2) is 46.6 Å². The van der Waals surface area contributed by atoms with Crippen molar-refractivity contribution in [3.63, 3.8) is 0 Å². The number of aliphatic hydroxyl groups is 1. The number of amides is 1. The molecule has 7 nitrogen and oxygen atoms in total. The molecule has 0 aliphatic carbocycles. The summed E-state index contributed by atoms with van der Waals surface area (Å²) in [5.74, 6) is -0.345. The highest BCUT2D eigenvalue weighted by Crippen LogP contribution is 2.41. The monoisotopic (exact) mass is 409 g/mol. The Morgan fingerprint density at radius 3 is 2.87 bits per heavy atom. The fraction of sp³-hybridized carbons (Fsp3) is 0.391. The predicted molar refractivity (Wildman–Crippen MR) is 107 cm³/mol. The molecule has 1 aromatic carbocycles. The number of ketones is 1. The average Bonchev–Trinajstić information content (AvgIpc) is 3.51. The van der Waals surface area contributed by atoms with Crippen molar-refractivity contribution < 1.29 is 28.6 Å². The quantitative estimate of drug-likeness (QED) is 0.474. The summed E-state index contributed by atoms with van der Waals surface area (Å²) in [6.07, 6.45) is 3.92. The second-order valence-corrected chi connectivity index (χ2v) is 8.06. The molecule has 5 rings (SSSR count). The summed E-state index contributed by atoms with van der Waals surface area (Å²) in [7, 11) is 0. The van der Waals surface area contributed by atoms with E-state index in [0.717, 1.165) is 30.6 Å². The Bertz CT molecular complexity index is 1020. The fourth-order valence-corrected chi connectivity index (χ4v) is 4.54. The molecule has 2 fully saturated rings. The van der Waals surface area contributed by atoms with Gasteiger partial charge in [-0.2, -0.15) is 0 Å². The number of fused-ring (bicyclic) bond motifs is 1. The van der Waals surface area contributed by atoms with Gasteiger partial charge in [-0.1, -0.05) is 0 Å². The maximum absolute atomic E-state index is 13.0. The van der Waals surface area contributed by atoms with Crippen LogP contribution < -0.4 is 4.74 Å². The van der Waals surface area contributed by atoms with Gasteiger partial charge in [-0.15, -0.1) is 0 Å². The lowest BCUT2D eigenvalue weighted by molar-refractivity contribution is -0.141. The van der Waals surface area contributed by atoms with Gasteiger partial charge in [-0.25, -0.2) is 0 Å². The third-order valence-electron chi connectivity index (χ3n) is 5.95. The van der Waals surface area contributed by atoms with Crippen LogP contribution in [0.2, 0.25) is 0 Å². The van der Waals surface area contributed by atoms with E-state index in [0.29, 0.717) is 17.9 Å². The molecule has 7 heteroatoms. The molecule has 3 aliphatic rings. The van der Waals surface area contributed by atoms with E-state index in [1.807, 2.05) is 13.0 Å². The average molecular weight is 409 g/mol. The van der Waals surface area contributed by atoms with Crippen molar-refractivity contribution in [2.75, 3.05) is 13.2 Å². The van der Waals surface area contributed by atoms with Crippen molar-refractivity contribution in [3.05, 3.63) is 59.1 Å². The number of carbonyl (C=O) groups is 2. The Morgan fingerprint density at radius 2 is 2.13 bits per heavy atom. The molecule has 1 N–H and O–H groups in total. The van der Waals surface area contributed by atoms with Gasteiger partial charge in [-0.3, -0.25) is 9.59 Å². The van der Waals surface area contributed by atoms with E-state index in [1.54, 1.807) is 24.3 Å². The van der Waals surface area contributed by atoms with E-state index in [4.69, 9.17) is 13.9 Å². The minimum Gasteiger partial charge on any atom is -0.507 e. The molecule has 2 aromatic rings. The molecule has 3 atom stereocenters. The van der Waals surface area contributed by atoms with Crippen LogP contribution in [0.4, 0.5) is 0 Å². The van der Waals surface area contributed by atoms with Crippen molar-refractivity contribution in [3.8, 4) is 5.75 Å². The highest BCUT2D eigenvalue weighted by atomic mass is 16.5. The summed E-state index contributed by atoms with van der Waals surface area (Å²) in [5, 5.41) is 11.1. The van der Waals surface area contributed by atoms with Crippen LogP contribution in [0, 0.1) is 0 Å². The largest absolute Gasteiger partial charge is 0.507 e. The SMILES string of the molecule is C[C@@H]1Cc2cc(C(O)=C3C(=O)C(=O)N(C[C@H]4CCCO4)[C@@H]3c3ccco3)ccc2O1. The zero-order valence-electron chi connectivity index (χ0n) is 16.7. The van der Waals surface area contributed by atoms with Gasteiger partial charge in [0.25, 0.3) is 11.7 Å². The fourth-order valence-electron chi connectivity index (χ4n) is 4.54. The molecule has 1 aromatic heterocycles. The van der Waals surface area contributed by atoms with E-state index in [2.05, 4.69) is 0 Å². The van der Waals surface area contributed by atoms with Gasteiger partial charge in [-0.05, 0) is 55.7 Å². The number of rotatable bonds is 4. The molecule has 0 spiro atoms. The number of hydrogen-bond acceptors (Lipinski definition) is 6. The Morgan fingerprint density at radius 1 is 1.27 bits per heavy atom. The smallest absolute Gasteiger partial charge is 0.295 e. The minimum atomic E-state index is -0.785. The summed E-state index contributed by atoms with van der Waals surface area (Å²) < 4.78 is 17.0. The normalized spacial score (nSPS) is 27.5. The highest BCUT2D eigenvalue weighted by Gasteiger charge is 2.48. The van der Waals surface area contributed by atoms with E-state index >= 15 is 0 Å². The first-order chi connectivity index (χ1) is 14.5. The summed E-state index contributed by atoms with van der Waals surface area (Å²) in [4.78, 5) is 27.3. The van der Waals surface area contributed by atoms with Crippen LogP contribution in [0.1, 0.15) is 42.7 Å². The zero-order chi connectivity index (χ0) is 20.8. The number of carbonyl (C=O) groups excluding carboxylic acids is 2. The number of ether oxygens (including phenoxy) is 2. The lowest BCUT2D eigenvalue weighted by Gasteiger charge is -2.25. The molecule has 1 amide bonds. The molecule has 3 aliphatic heterocycles. The molecule has 0 unspecified atom stereocenters. The molecule has 156 valence electrons. The molecule has 0 bridgehead atoms. The summed E-state index contributed by atoms with van der Waals surface area (Å²) >= 11 is 0. The first-order valence-electron chi connectivity index (χ1n) is 10.3. The zero-order valence-corrected chi connectivity index (χ0v) is 16.7. The van der Waals surface area contributed by atoms with E-state index < -0.39 is 17.7 Å². The number of nitrogens with zero attached hydrogens (tertiary/aromatic N) is 1. The van der Waals surface area contributed by atoms with Gasteiger partial charge in [0.15, 0.2) is 0 Å². The number of furan rings is 1. The standard InChI is InChI=1S/C23H23NO6/c1-13-10-15-11-14(6-7-17(15)30-13)21(25)19-20(18-5-3-9-29-18)24(23(27)22(19)26)12-16-4-2-8-28-16/h3,5-7,9,11,13,16,20,25H,2,4,8,10,12H2,1H3/t13-,16-,20-/m1/s1. The molecule has 4 heterocycles. The Kier molecular flexibility index (Phi) is 4.62. The van der Waals surface area contributed by atoms with Crippen LogP contribution in [0.3, 0.4) is 0 Å². The van der Waals surface area contributed by atoms with Gasteiger partial charge in [0.05, 0.1) is 17.9 Å². The van der Waals surface area contributed by atoms with Gasteiger partial charge in [0.1, 0.15) is 29.4 Å². The molecule has 0 radical (unpaired) electrons. The summed E-state index contributed by atoms with van der Waals surface area (Å²) in [6.45, 7) is 2.91. The first-order valence-corrected chi connectivity index (χ1v) is 10.3. The van der Waals surface area contributed by atoms with E-state index in [-0.39, 0.29) is 30.1 Å². The number of benzene rings is 1. The van der Waals surface area contributed by atoms with Gasteiger partial charge in [0, 0.05) is 25.1 Å². The first kappa shape index (κ1) is 18.9. The van der Waals surface area contributed by atoms with Gasteiger partial charge >= 0.3 is 0 Å².